The summed E-state index contributed by atoms with van der Waals surface area (Å²) in [5.41, 5.74) is 4.43. The summed E-state index contributed by atoms with van der Waals surface area (Å²) in [7, 11) is 0. The number of carbonyl (C=O) groups is 1. The number of nitrogens with one attached hydrogen (secondary N) is 1. The van der Waals surface area contributed by atoms with Crippen LogP contribution in [-0.2, 0) is 0 Å². The number of nitrogens with zero attached hydrogens (tertiary/aromatic N) is 1. The van der Waals surface area contributed by atoms with E-state index >= 15 is 0 Å². The number of amides is 1. The molecule has 0 spiro atoms. The lowest BCUT2D eigenvalue weighted by molar-refractivity contribution is 0.0955. The maximum Gasteiger partial charge on any atom is 0.272 e. The molecule has 1 heterocycles. The zero-order chi connectivity index (χ0) is 13.8. The molecule has 0 aliphatic rings. The molecule has 0 atom stereocenters. The third-order valence-electron chi connectivity index (χ3n) is 2.57. The Morgan fingerprint density at radius 1 is 1.37 bits per heavy atom. The molecule has 0 unspecified atom stereocenters. The van der Waals surface area contributed by atoms with E-state index in [-0.39, 0.29) is 5.91 Å². The Bertz CT molecular complexity index is 618. The third-order valence-corrected chi connectivity index (χ3v) is 2.88. The molecule has 5 heteroatoms. The maximum absolute atomic E-state index is 11.9. The lowest BCUT2D eigenvalue weighted by Gasteiger charge is -2.04. The summed E-state index contributed by atoms with van der Waals surface area (Å²) < 4.78 is 5.16. The number of carbonyl (C=O) groups excluding carboxylic acids is 1. The van der Waals surface area contributed by atoms with Crippen molar-refractivity contribution in [2.24, 2.45) is 5.10 Å². The average molecular weight is 277 g/mol. The molecule has 2 aromatic rings. The van der Waals surface area contributed by atoms with Gasteiger partial charge in [0.05, 0.1) is 16.8 Å². The summed E-state index contributed by atoms with van der Waals surface area (Å²) in [6.07, 6.45) is 1.55. The monoisotopic (exact) mass is 276 g/mol. The summed E-state index contributed by atoms with van der Waals surface area (Å²) in [4.78, 5) is 11.9. The van der Waals surface area contributed by atoms with E-state index in [0.29, 0.717) is 22.1 Å². The molecule has 1 aromatic carbocycles. The van der Waals surface area contributed by atoms with E-state index in [1.807, 2.05) is 13.0 Å². The first-order chi connectivity index (χ1) is 9.08. The molecule has 0 aliphatic heterocycles. The van der Waals surface area contributed by atoms with Gasteiger partial charge in [-0.1, -0.05) is 17.7 Å². The lowest BCUT2D eigenvalue weighted by atomic mass is 10.1. The van der Waals surface area contributed by atoms with Crippen LogP contribution in [0.3, 0.4) is 0 Å². The maximum atomic E-state index is 11.9. The number of hydrogen-bond acceptors (Lipinski definition) is 3. The minimum absolute atomic E-state index is 0.351. The van der Waals surface area contributed by atoms with Crippen molar-refractivity contribution < 1.29 is 9.21 Å². The summed E-state index contributed by atoms with van der Waals surface area (Å²) in [5, 5.41) is 4.38. The summed E-state index contributed by atoms with van der Waals surface area (Å²) in [6.45, 7) is 3.66. The van der Waals surface area contributed by atoms with E-state index in [0.717, 1.165) is 5.56 Å². The number of halogens is 1. The van der Waals surface area contributed by atoms with Gasteiger partial charge in [-0.05, 0) is 43.7 Å². The minimum atomic E-state index is -0.351. The molecule has 19 heavy (non-hydrogen) atoms. The van der Waals surface area contributed by atoms with Gasteiger partial charge in [0.2, 0.25) is 0 Å². The third kappa shape index (κ3) is 3.23. The van der Waals surface area contributed by atoms with Crippen LogP contribution in [0.15, 0.2) is 46.1 Å². The summed E-state index contributed by atoms with van der Waals surface area (Å²) in [5.74, 6) is 0.256. The average Bonchev–Trinajstić information content (AvgIpc) is 2.89. The quantitative estimate of drug-likeness (QED) is 0.690. The fourth-order valence-electron chi connectivity index (χ4n) is 1.54. The van der Waals surface area contributed by atoms with Crippen molar-refractivity contribution in [1.82, 2.24) is 5.43 Å². The Morgan fingerprint density at radius 2 is 2.16 bits per heavy atom. The number of benzene rings is 1. The molecule has 0 fully saturated rings. The topological polar surface area (TPSA) is 54.6 Å². The van der Waals surface area contributed by atoms with Crippen molar-refractivity contribution in [2.75, 3.05) is 0 Å². The highest BCUT2D eigenvalue weighted by Crippen LogP contribution is 2.17. The Morgan fingerprint density at radius 3 is 2.79 bits per heavy atom. The fourth-order valence-corrected chi connectivity index (χ4v) is 1.86. The van der Waals surface area contributed by atoms with Crippen molar-refractivity contribution in [2.45, 2.75) is 13.8 Å². The van der Waals surface area contributed by atoms with E-state index < -0.39 is 0 Å². The van der Waals surface area contributed by atoms with Crippen LogP contribution in [0, 0.1) is 6.92 Å². The lowest BCUT2D eigenvalue weighted by Crippen LogP contribution is -2.19. The largest absolute Gasteiger partial charge is 0.463 e. The summed E-state index contributed by atoms with van der Waals surface area (Å²) in [6, 6.07) is 8.76. The molecule has 0 aliphatic carbocycles. The zero-order valence-corrected chi connectivity index (χ0v) is 11.4. The van der Waals surface area contributed by atoms with Gasteiger partial charge in [0.15, 0.2) is 0 Å². The van der Waals surface area contributed by atoms with Crippen LogP contribution >= 0.6 is 11.6 Å². The predicted molar refractivity (Wildman–Crippen MR) is 74.6 cm³/mol. The SMILES string of the molecule is CC(=NNC(=O)c1ccc(C)cc1Cl)c1ccco1. The highest BCUT2D eigenvalue weighted by molar-refractivity contribution is 6.33. The van der Waals surface area contributed by atoms with Crippen LogP contribution in [-0.4, -0.2) is 11.6 Å². The Hall–Kier alpha value is -2.07. The first-order valence-corrected chi connectivity index (χ1v) is 6.10. The fraction of sp³-hybridized carbons (Fsp3) is 0.143. The van der Waals surface area contributed by atoms with Gasteiger partial charge < -0.3 is 4.42 Å². The number of rotatable bonds is 3. The van der Waals surface area contributed by atoms with Crippen LogP contribution < -0.4 is 5.43 Å². The standard InChI is InChI=1S/C14H13ClN2O2/c1-9-5-6-11(12(15)8-9)14(18)17-16-10(2)13-4-3-7-19-13/h3-8H,1-2H3,(H,17,18). The smallest absolute Gasteiger partial charge is 0.272 e. The molecule has 98 valence electrons. The van der Waals surface area contributed by atoms with Gasteiger partial charge >= 0.3 is 0 Å². The van der Waals surface area contributed by atoms with E-state index in [9.17, 15) is 4.79 Å². The van der Waals surface area contributed by atoms with Crippen molar-refractivity contribution in [1.29, 1.82) is 0 Å². The van der Waals surface area contributed by atoms with Crippen molar-refractivity contribution in [3.05, 3.63) is 58.5 Å². The molecular weight excluding hydrogens is 264 g/mol. The van der Waals surface area contributed by atoms with E-state index in [1.165, 1.54) is 0 Å². The van der Waals surface area contributed by atoms with Crippen LogP contribution in [0.1, 0.15) is 28.6 Å². The molecule has 0 saturated heterocycles. The molecule has 0 bridgehead atoms. The highest BCUT2D eigenvalue weighted by Gasteiger charge is 2.10. The first-order valence-electron chi connectivity index (χ1n) is 5.72. The molecule has 1 N–H and O–H groups in total. The molecular formula is C14H13ClN2O2. The number of aryl methyl sites for hydroxylation is 1. The van der Waals surface area contributed by atoms with E-state index in [4.69, 9.17) is 16.0 Å². The van der Waals surface area contributed by atoms with Crippen LogP contribution in [0.5, 0.6) is 0 Å². The van der Waals surface area contributed by atoms with Crippen LogP contribution in [0.25, 0.3) is 0 Å². The second-order valence-corrected chi connectivity index (χ2v) is 4.51. The van der Waals surface area contributed by atoms with Crippen molar-refractivity contribution >= 4 is 23.2 Å². The van der Waals surface area contributed by atoms with Gasteiger partial charge in [0.1, 0.15) is 11.5 Å². The van der Waals surface area contributed by atoms with Gasteiger partial charge in [0, 0.05) is 0 Å². The van der Waals surface area contributed by atoms with Crippen LogP contribution in [0.2, 0.25) is 5.02 Å². The zero-order valence-electron chi connectivity index (χ0n) is 10.6. The molecule has 1 amide bonds. The second kappa shape index (κ2) is 5.71. The number of hydrogen-bond donors (Lipinski definition) is 1. The van der Waals surface area contributed by atoms with Gasteiger partial charge in [-0.25, -0.2) is 5.43 Å². The molecule has 2 rings (SSSR count). The van der Waals surface area contributed by atoms with Crippen molar-refractivity contribution in [3.63, 3.8) is 0 Å². The van der Waals surface area contributed by atoms with Gasteiger partial charge in [-0.2, -0.15) is 5.10 Å². The van der Waals surface area contributed by atoms with Gasteiger partial charge in [-0.15, -0.1) is 0 Å². The van der Waals surface area contributed by atoms with Crippen LogP contribution in [0.4, 0.5) is 0 Å². The summed E-state index contributed by atoms with van der Waals surface area (Å²) >= 11 is 6.01. The first kappa shape index (κ1) is 13.4. The Balaban J connectivity index is 2.11. The second-order valence-electron chi connectivity index (χ2n) is 4.10. The van der Waals surface area contributed by atoms with Gasteiger partial charge in [-0.3, -0.25) is 4.79 Å². The van der Waals surface area contributed by atoms with E-state index in [1.54, 1.807) is 37.5 Å². The van der Waals surface area contributed by atoms with Crippen molar-refractivity contribution in [3.8, 4) is 0 Å². The molecule has 4 nitrogen and oxygen atoms in total. The van der Waals surface area contributed by atoms with Gasteiger partial charge in [0.25, 0.3) is 5.91 Å². The number of hydrazone groups is 1. The molecule has 1 aromatic heterocycles. The highest BCUT2D eigenvalue weighted by atomic mass is 35.5. The normalized spacial score (nSPS) is 11.4. The molecule has 0 saturated carbocycles. The minimum Gasteiger partial charge on any atom is -0.463 e. The number of furan rings is 1. The van der Waals surface area contributed by atoms with E-state index in [2.05, 4.69) is 10.5 Å². The predicted octanol–water partition coefficient (Wildman–Crippen LogP) is 3.40. The Labute approximate surface area is 116 Å². The Kier molecular flexibility index (Phi) is 4.02. The molecule has 0 radical (unpaired) electrons.